The Morgan fingerprint density at radius 1 is 1.08 bits per heavy atom. The van der Waals surface area contributed by atoms with Crippen LogP contribution in [0.4, 0.5) is 0 Å². The van der Waals surface area contributed by atoms with Gasteiger partial charge in [-0.25, -0.2) is 13.4 Å². The molecule has 130 valence electrons. The molecule has 1 aromatic heterocycles. The Hall–Kier alpha value is -1.93. The van der Waals surface area contributed by atoms with Crippen molar-refractivity contribution in [2.75, 3.05) is 26.3 Å². The van der Waals surface area contributed by atoms with Crippen LogP contribution < -0.4 is 0 Å². The van der Waals surface area contributed by atoms with E-state index in [4.69, 9.17) is 16.3 Å². The summed E-state index contributed by atoms with van der Waals surface area (Å²) in [6, 6.07) is 12.2. The average Bonchev–Trinajstić information content (AvgIpc) is 3.06. The van der Waals surface area contributed by atoms with Crippen molar-refractivity contribution in [1.29, 1.82) is 0 Å². The number of rotatable bonds is 3. The molecule has 0 spiro atoms. The molecule has 0 radical (unpaired) electrons. The minimum atomic E-state index is -3.49. The highest BCUT2D eigenvalue weighted by Gasteiger charge is 2.26. The second-order valence-corrected chi connectivity index (χ2v) is 8.16. The van der Waals surface area contributed by atoms with Gasteiger partial charge in [0.25, 0.3) is 0 Å². The second-order valence-electron chi connectivity index (χ2n) is 5.79. The smallest absolute Gasteiger partial charge is 0.243 e. The monoisotopic (exact) mass is 377 g/mol. The quantitative estimate of drug-likeness (QED) is 0.761. The molecule has 1 saturated heterocycles. The SMILES string of the molecule is O=S(=O)(c1ccc(-c2nc3ccc(Cl)cc3[nH]2)cc1)N1CCOCC1. The first-order valence-electron chi connectivity index (χ1n) is 7.88. The van der Waals surface area contributed by atoms with Crippen LogP contribution >= 0.6 is 11.6 Å². The molecule has 1 aliphatic heterocycles. The Kier molecular flexibility index (Phi) is 4.24. The van der Waals surface area contributed by atoms with Crippen LogP contribution in [0.15, 0.2) is 47.4 Å². The first-order chi connectivity index (χ1) is 12.0. The van der Waals surface area contributed by atoms with Gasteiger partial charge in [0.15, 0.2) is 0 Å². The number of H-pyrrole nitrogens is 1. The molecule has 0 amide bonds. The Bertz CT molecular complexity index is 1010. The summed E-state index contributed by atoms with van der Waals surface area (Å²) >= 11 is 5.99. The van der Waals surface area contributed by atoms with Gasteiger partial charge >= 0.3 is 0 Å². The lowest BCUT2D eigenvalue weighted by Crippen LogP contribution is -2.40. The van der Waals surface area contributed by atoms with E-state index in [0.717, 1.165) is 16.6 Å². The summed E-state index contributed by atoms with van der Waals surface area (Å²) in [6.45, 7) is 1.63. The van der Waals surface area contributed by atoms with Crippen LogP contribution in [0.3, 0.4) is 0 Å². The van der Waals surface area contributed by atoms with Gasteiger partial charge in [-0.2, -0.15) is 4.31 Å². The third-order valence-corrected chi connectivity index (χ3v) is 6.33. The zero-order valence-electron chi connectivity index (χ0n) is 13.3. The summed E-state index contributed by atoms with van der Waals surface area (Å²) in [6.07, 6.45) is 0. The van der Waals surface area contributed by atoms with Gasteiger partial charge in [0.2, 0.25) is 10.0 Å². The summed E-state index contributed by atoms with van der Waals surface area (Å²) in [7, 11) is -3.49. The standard InChI is InChI=1S/C17H16ClN3O3S/c18-13-3-6-15-16(11-13)20-17(19-15)12-1-4-14(5-2-12)25(22,23)21-7-9-24-10-8-21/h1-6,11H,7-10H2,(H,19,20). The molecule has 1 aliphatic rings. The van der Waals surface area contributed by atoms with E-state index in [9.17, 15) is 8.42 Å². The molecule has 25 heavy (non-hydrogen) atoms. The van der Waals surface area contributed by atoms with Crippen LogP contribution in [0, 0.1) is 0 Å². The number of ether oxygens (including phenoxy) is 1. The molecule has 3 aromatic rings. The predicted octanol–water partition coefficient (Wildman–Crippen LogP) is 2.90. The van der Waals surface area contributed by atoms with E-state index >= 15 is 0 Å². The first kappa shape index (κ1) is 16.5. The lowest BCUT2D eigenvalue weighted by molar-refractivity contribution is 0.0730. The normalized spacial score (nSPS) is 16.4. The number of morpholine rings is 1. The van der Waals surface area contributed by atoms with Crippen molar-refractivity contribution in [2.45, 2.75) is 4.90 Å². The van der Waals surface area contributed by atoms with Gasteiger partial charge in [0.1, 0.15) is 5.82 Å². The Labute approximate surface area is 150 Å². The number of imidazole rings is 1. The van der Waals surface area contributed by atoms with Gasteiger partial charge in [-0.15, -0.1) is 0 Å². The van der Waals surface area contributed by atoms with Gasteiger partial charge in [0, 0.05) is 23.7 Å². The van der Waals surface area contributed by atoms with Crippen molar-refractivity contribution >= 4 is 32.7 Å². The molecule has 0 saturated carbocycles. The van der Waals surface area contributed by atoms with Crippen LogP contribution in [0.25, 0.3) is 22.4 Å². The summed E-state index contributed by atoms with van der Waals surface area (Å²) in [5.74, 6) is 0.674. The minimum Gasteiger partial charge on any atom is -0.379 e. The zero-order chi connectivity index (χ0) is 17.4. The molecule has 1 N–H and O–H groups in total. The number of hydrogen-bond acceptors (Lipinski definition) is 4. The molecular weight excluding hydrogens is 362 g/mol. The molecule has 2 heterocycles. The summed E-state index contributed by atoms with van der Waals surface area (Å²) in [5.41, 5.74) is 2.46. The van der Waals surface area contributed by atoms with E-state index in [1.807, 2.05) is 12.1 Å². The van der Waals surface area contributed by atoms with Crippen molar-refractivity contribution in [3.05, 3.63) is 47.5 Å². The number of benzene rings is 2. The average molecular weight is 378 g/mol. The number of fused-ring (bicyclic) bond motifs is 1. The Morgan fingerprint density at radius 3 is 2.52 bits per heavy atom. The summed E-state index contributed by atoms with van der Waals surface area (Å²) in [5, 5.41) is 0.634. The van der Waals surface area contributed by atoms with Crippen molar-refractivity contribution in [1.82, 2.24) is 14.3 Å². The third kappa shape index (κ3) is 3.16. The van der Waals surface area contributed by atoms with Gasteiger partial charge in [0.05, 0.1) is 29.1 Å². The van der Waals surface area contributed by atoms with Gasteiger partial charge in [-0.3, -0.25) is 0 Å². The van der Waals surface area contributed by atoms with E-state index in [0.29, 0.717) is 37.2 Å². The van der Waals surface area contributed by atoms with Crippen LogP contribution in [0.2, 0.25) is 5.02 Å². The first-order valence-corrected chi connectivity index (χ1v) is 9.69. The van der Waals surface area contributed by atoms with E-state index in [1.54, 1.807) is 30.3 Å². The van der Waals surface area contributed by atoms with Crippen LogP contribution in [-0.2, 0) is 14.8 Å². The number of hydrogen-bond donors (Lipinski definition) is 1. The maximum absolute atomic E-state index is 12.6. The molecule has 8 heteroatoms. The maximum atomic E-state index is 12.6. The van der Waals surface area contributed by atoms with Gasteiger partial charge in [-0.1, -0.05) is 11.6 Å². The Balaban J connectivity index is 1.64. The number of sulfonamides is 1. The topological polar surface area (TPSA) is 75.3 Å². The number of halogens is 1. The lowest BCUT2D eigenvalue weighted by Gasteiger charge is -2.26. The fraction of sp³-hybridized carbons (Fsp3) is 0.235. The molecule has 6 nitrogen and oxygen atoms in total. The fourth-order valence-corrected chi connectivity index (χ4v) is 4.42. The fourth-order valence-electron chi connectivity index (χ4n) is 2.84. The zero-order valence-corrected chi connectivity index (χ0v) is 14.8. The number of aromatic amines is 1. The molecule has 4 rings (SSSR count). The van der Waals surface area contributed by atoms with Gasteiger partial charge in [-0.05, 0) is 42.5 Å². The molecule has 0 aliphatic carbocycles. The number of nitrogens with one attached hydrogen (secondary N) is 1. The third-order valence-electron chi connectivity index (χ3n) is 4.18. The largest absolute Gasteiger partial charge is 0.379 e. The molecule has 0 bridgehead atoms. The highest BCUT2D eigenvalue weighted by molar-refractivity contribution is 7.89. The number of aromatic nitrogens is 2. The summed E-state index contributed by atoms with van der Waals surface area (Å²) in [4.78, 5) is 7.99. The molecule has 1 fully saturated rings. The molecule has 2 aromatic carbocycles. The molecule has 0 atom stereocenters. The Morgan fingerprint density at radius 2 is 1.80 bits per heavy atom. The predicted molar refractivity (Wildman–Crippen MR) is 96.1 cm³/mol. The summed E-state index contributed by atoms with van der Waals surface area (Å²) < 4.78 is 32.0. The molecular formula is C17H16ClN3O3S. The van der Waals surface area contributed by atoms with Crippen LogP contribution in [0.1, 0.15) is 0 Å². The van der Waals surface area contributed by atoms with Gasteiger partial charge < -0.3 is 9.72 Å². The van der Waals surface area contributed by atoms with E-state index < -0.39 is 10.0 Å². The highest BCUT2D eigenvalue weighted by Crippen LogP contribution is 2.25. The second kappa shape index (κ2) is 6.42. The van der Waals surface area contributed by atoms with Crippen LogP contribution in [0.5, 0.6) is 0 Å². The van der Waals surface area contributed by atoms with E-state index in [1.165, 1.54) is 4.31 Å². The van der Waals surface area contributed by atoms with E-state index in [2.05, 4.69) is 9.97 Å². The van der Waals surface area contributed by atoms with Crippen molar-refractivity contribution < 1.29 is 13.2 Å². The maximum Gasteiger partial charge on any atom is 0.243 e. The lowest BCUT2D eigenvalue weighted by atomic mass is 10.2. The minimum absolute atomic E-state index is 0.275. The van der Waals surface area contributed by atoms with Crippen molar-refractivity contribution in [3.8, 4) is 11.4 Å². The molecule has 0 unspecified atom stereocenters. The number of nitrogens with zero attached hydrogens (tertiary/aromatic N) is 2. The van der Waals surface area contributed by atoms with E-state index in [-0.39, 0.29) is 4.90 Å². The van der Waals surface area contributed by atoms with Crippen molar-refractivity contribution in [3.63, 3.8) is 0 Å². The highest BCUT2D eigenvalue weighted by atomic mass is 35.5. The van der Waals surface area contributed by atoms with Crippen molar-refractivity contribution in [2.24, 2.45) is 0 Å². The van der Waals surface area contributed by atoms with Crippen LogP contribution in [-0.4, -0.2) is 49.0 Å².